The van der Waals surface area contributed by atoms with Crippen LogP contribution in [0, 0.1) is 0 Å². The fourth-order valence-corrected chi connectivity index (χ4v) is 1.98. The first-order valence-corrected chi connectivity index (χ1v) is 7.01. The maximum atomic E-state index is 11.9. The topological polar surface area (TPSA) is 59.8 Å². The normalized spacial score (nSPS) is 10.5. The molecule has 1 aromatic heterocycles. The second-order valence-electron chi connectivity index (χ2n) is 4.48. The van der Waals surface area contributed by atoms with E-state index in [0.29, 0.717) is 13.1 Å². The van der Waals surface area contributed by atoms with E-state index in [1.807, 2.05) is 30.3 Å². The Bertz CT molecular complexity index is 568. The van der Waals surface area contributed by atoms with Crippen LogP contribution in [0.1, 0.15) is 35.8 Å². The average Bonchev–Trinajstić information content (AvgIpc) is 2.82. The van der Waals surface area contributed by atoms with Crippen molar-refractivity contribution in [2.45, 2.75) is 26.3 Å². The minimum atomic E-state index is -0.275. The fourth-order valence-electron chi connectivity index (χ4n) is 1.76. The van der Waals surface area contributed by atoms with Crippen molar-refractivity contribution < 1.29 is 4.79 Å². The minimum Gasteiger partial charge on any atom is -0.351 e. The average molecular weight is 293 g/mol. The first-order valence-electron chi connectivity index (χ1n) is 6.63. The predicted octanol–water partition coefficient (Wildman–Crippen LogP) is 2.51. The molecule has 1 amide bonds. The van der Waals surface area contributed by atoms with E-state index < -0.39 is 0 Å². The number of halogens is 1. The molecule has 0 radical (unpaired) electrons. The molecule has 0 spiro atoms. The zero-order chi connectivity index (χ0) is 14.4. The summed E-state index contributed by atoms with van der Waals surface area (Å²) in [5.74, 6) is -0.275. The van der Waals surface area contributed by atoms with Crippen LogP contribution in [0.25, 0.3) is 0 Å². The second kappa shape index (κ2) is 7.05. The van der Waals surface area contributed by atoms with Crippen LogP contribution in [0.2, 0.25) is 5.15 Å². The van der Waals surface area contributed by atoms with Gasteiger partial charge in [-0.25, -0.2) is 4.68 Å². The maximum absolute atomic E-state index is 11.9. The maximum Gasteiger partial charge on any atom is 0.275 e. The van der Waals surface area contributed by atoms with Gasteiger partial charge in [-0.05, 0) is 12.0 Å². The molecule has 0 atom stereocenters. The van der Waals surface area contributed by atoms with Gasteiger partial charge in [0.05, 0.1) is 6.54 Å². The molecule has 6 heteroatoms. The van der Waals surface area contributed by atoms with Crippen molar-refractivity contribution in [3.63, 3.8) is 0 Å². The Balaban J connectivity index is 2.05. The van der Waals surface area contributed by atoms with Gasteiger partial charge in [-0.3, -0.25) is 4.79 Å². The third-order valence-corrected chi connectivity index (χ3v) is 3.25. The van der Waals surface area contributed by atoms with Crippen LogP contribution < -0.4 is 5.32 Å². The molecule has 2 aromatic rings. The van der Waals surface area contributed by atoms with E-state index >= 15 is 0 Å². The van der Waals surface area contributed by atoms with Crippen molar-refractivity contribution in [1.82, 2.24) is 20.3 Å². The Hall–Kier alpha value is -1.88. The standard InChI is InChI=1S/C14H17ClN4O/c1-2-3-9-16-14(20)12-13(15)19(18-17-12)10-11-7-5-4-6-8-11/h4-8H,2-3,9-10H2,1H3,(H,16,20). The highest BCUT2D eigenvalue weighted by atomic mass is 35.5. The molecule has 0 unspecified atom stereocenters. The summed E-state index contributed by atoms with van der Waals surface area (Å²) in [7, 11) is 0. The van der Waals surface area contributed by atoms with Crippen molar-refractivity contribution >= 4 is 17.5 Å². The lowest BCUT2D eigenvalue weighted by Crippen LogP contribution is -2.25. The van der Waals surface area contributed by atoms with Crippen LogP contribution in [-0.4, -0.2) is 27.4 Å². The van der Waals surface area contributed by atoms with E-state index in [9.17, 15) is 4.79 Å². The van der Waals surface area contributed by atoms with Gasteiger partial charge in [0.1, 0.15) is 0 Å². The van der Waals surface area contributed by atoms with Crippen molar-refractivity contribution in [3.8, 4) is 0 Å². The highest BCUT2D eigenvalue weighted by Gasteiger charge is 2.17. The zero-order valence-corrected chi connectivity index (χ0v) is 12.1. The molecular formula is C14H17ClN4O. The van der Waals surface area contributed by atoms with E-state index in [2.05, 4.69) is 22.6 Å². The highest BCUT2D eigenvalue weighted by molar-refractivity contribution is 6.32. The summed E-state index contributed by atoms with van der Waals surface area (Å²) in [5.41, 5.74) is 1.23. The molecule has 1 heterocycles. The molecule has 2 rings (SSSR count). The third kappa shape index (κ3) is 3.57. The van der Waals surface area contributed by atoms with Crippen LogP contribution in [0.15, 0.2) is 30.3 Å². The number of amides is 1. The van der Waals surface area contributed by atoms with Gasteiger partial charge >= 0.3 is 0 Å². The smallest absolute Gasteiger partial charge is 0.275 e. The molecule has 1 aromatic carbocycles. The molecule has 0 aliphatic carbocycles. The summed E-state index contributed by atoms with van der Waals surface area (Å²) in [6, 6.07) is 9.77. The number of aromatic nitrogens is 3. The Kier molecular flexibility index (Phi) is 5.12. The molecule has 106 valence electrons. The molecule has 5 nitrogen and oxygen atoms in total. The molecule has 0 fully saturated rings. The number of benzene rings is 1. The summed E-state index contributed by atoms with van der Waals surface area (Å²) in [6.45, 7) is 3.18. The Morgan fingerprint density at radius 3 is 2.80 bits per heavy atom. The van der Waals surface area contributed by atoms with Gasteiger partial charge in [-0.2, -0.15) is 0 Å². The number of nitrogens with one attached hydrogen (secondary N) is 1. The van der Waals surface area contributed by atoms with E-state index in [-0.39, 0.29) is 16.8 Å². The number of hydrogen-bond acceptors (Lipinski definition) is 3. The lowest BCUT2D eigenvalue weighted by atomic mass is 10.2. The molecule has 0 aliphatic heterocycles. The molecule has 0 saturated carbocycles. The van der Waals surface area contributed by atoms with Gasteiger partial charge in [0.2, 0.25) is 0 Å². The number of nitrogens with zero attached hydrogens (tertiary/aromatic N) is 3. The Morgan fingerprint density at radius 2 is 2.10 bits per heavy atom. The molecule has 20 heavy (non-hydrogen) atoms. The number of unbranched alkanes of at least 4 members (excludes halogenated alkanes) is 1. The fraction of sp³-hybridized carbons (Fsp3) is 0.357. The first-order chi connectivity index (χ1) is 9.72. The number of hydrogen-bond donors (Lipinski definition) is 1. The quantitative estimate of drug-likeness (QED) is 0.832. The van der Waals surface area contributed by atoms with Crippen LogP contribution in [0.3, 0.4) is 0 Å². The molecule has 1 N–H and O–H groups in total. The Labute approximate surface area is 122 Å². The Morgan fingerprint density at radius 1 is 1.35 bits per heavy atom. The van der Waals surface area contributed by atoms with E-state index in [1.165, 1.54) is 4.68 Å². The largest absolute Gasteiger partial charge is 0.351 e. The summed E-state index contributed by atoms with van der Waals surface area (Å²) in [5, 5.41) is 10.8. The first kappa shape index (κ1) is 14.5. The third-order valence-electron chi connectivity index (χ3n) is 2.88. The summed E-state index contributed by atoms with van der Waals surface area (Å²) < 4.78 is 1.52. The van der Waals surface area contributed by atoms with E-state index in [1.54, 1.807) is 0 Å². The molecular weight excluding hydrogens is 276 g/mol. The van der Waals surface area contributed by atoms with Gasteiger partial charge < -0.3 is 5.32 Å². The lowest BCUT2D eigenvalue weighted by Gasteiger charge is -2.03. The summed E-state index contributed by atoms with van der Waals surface area (Å²) in [6.07, 6.45) is 1.95. The summed E-state index contributed by atoms with van der Waals surface area (Å²) in [4.78, 5) is 11.9. The van der Waals surface area contributed by atoms with Crippen LogP contribution >= 0.6 is 11.6 Å². The molecule has 0 saturated heterocycles. The van der Waals surface area contributed by atoms with Gasteiger partial charge in [-0.15, -0.1) is 5.10 Å². The lowest BCUT2D eigenvalue weighted by molar-refractivity contribution is 0.0948. The van der Waals surface area contributed by atoms with Gasteiger partial charge in [-0.1, -0.05) is 60.5 Å². The van der Waals surface area contributed by atoms with Crippen LogP contribution in [0.5, 0.6) is 0 Å². The van der Waals surface area contributed by atoms with E-state index in [0.717, 1.165) is 18.4 Å². The SMILES string of the molecule is CCCCNC(=O)c1nnn(Cc2ccccc2)c1Cl. The van der Waals surface area contributed by atoms with Crippen molar-refractivity contribution in [2.24, 2.45) is 0 Å². The molecule has 0 bridgehead atoms. The predicted molar refractivity (Wildman–Crippen MR) is 77.8 cm³/mol. The summed E-state index contributed by atoms with van der Waals surface area (Å²) >= 11 is 6.16. The zero-order valence-electron chi connectivity index (χ0n) is 11.3. The second-order valence-corrected chi connectivity index (χ2v) is 4.84. The minimum absolute atomic E-state index is 0.179. The number of rotatable bonds is 6. The van der Waals surface area contributed by atoms with Gasteiger partial charge in [0.15, 0.2) is 10.8 Å². The van der Waals surface area contributed by atoms with Crippen LogP contribution in [-0.2, 0) is 6.54 Å². The van der Waals surface area contributed by atoms with Gasteiger partial charge in [0, 0.05) is 6.54 Å². The highest BCUT2D eigenvalue weighted by Crippen LogP contribution is 2.14. The monoisotopic (exact) mass is 292 g/mol. The number of carbonyl (C=O) groups is 1. The van der Waals surface area contributed by atoms with Gasteiger partial charge in [0.25, 0.3) is 5.91 Å². The van der Waals surface area contributed by atoms with Crippen molar-refractivity contribution in [1.29, 1.82) is 0 Å². The number of carbonyl (C=O) groups excluding carboxylic acids is 1. The molecule has 0 aliphatic rings. The van der Waals surface area contributed by atoms with Crippen molar-refractivity contribution in [3.05, 3.63) is 46.7 Å². The van der Waals surface area contributed by atoms with Crippen LogP contribution in [0.4, 0.5) is 0 Å². The van der Waals surface area contributed by atoms with Crippen molar-refractivity contribution in [2.75, 3.05) is 6.54 Å². The van der Waals surface area contributed by atoms with E-state index in [4.69, 9.17) is 11.6 Å².